The zero-order valence-corrected chi connectivity index (χ0v) is 6.20. The van der Waals surface area contributed by atoms with Crippen LogP contribution >= 0.6 is 0 Å². The third-order valence-corrected chi connectivity index (χ3v) is 0. The van der Waals surface area contributed by atoms with Crippen molar-refractivity contribution in [2.75, 3.05) is 0 Å². The fourth-order valence-electron chi connectivity index (χ4n) is 0. The van der Waals surface area contributed by atoms with Gasteiger partial charge < -0.3 is 0 Å². The normalized spacial score (nSPS) is 0.750. The van der Waals surface area contributed by atoms with Gasteiger partial charge in [0.05, 0.1) is 0 Å². The quantitative estimate of drug-likeness (QED) is 0.363. The van der Waals surface area contributed by atoms with Crippen LogP contribution < -0.4 is 0 Å². The first-order valence-electron chi connectivity index (χ1n) is 0.289. The first kappa shape index (κ1) is 17.2. The Bertz CT molecular complexity index is 8.00. The topological polar surface area (TPSA) is 17.1 Å². The summed E-state index contributed by atoms with van der Waals surface area (Å²) in [5.41, 5.74) is 0. The zero-order valence-electron chi connectivity index (χ0n) is 1.82. The molecule has 0 heterocycles. The summed E-state index contributed by atoms with van der Waals surface area (Å²) in [5, 5.41) is 0. The fraction of sp³-hybridized carbons (Fsp3) is 0. The molecule has 0 aromatic heterocycles. The molecule has 0 atom stereocenters. The maximum absolute atomic E-state index is 8.28. The number of hydrogen-bond donors (Lipinski definition) is 0. The summed E-state index contributed by atoms with van der Waals surface area (Å²) in [6, 6.07) is 0. The largest absolute Gasteiger partial charge is 0 e. The summed E-state index contributed by atoms with van der Waals surface area (Å²) in [4.78, 5) is 0. The van der Waals surface area contributed by atoms with Crippen molar-refractivity contribution in [3.8, 4) is 0 Å². The predicted molar refractivity (Wildman–Crippen MR) is 16.4 cm³/mol. The van der Waals surface area contributed by atoms with E-state index in [0.29, 0.717) is 16.2 Å². The third-order valence-electron chi connectivity index (χ3n) is 0. The van der Waals surface area contributed by atoms with E-state index < -0.39 is 0 Å². The standard InChI is InChI=1S/Al.Mg.O.Zn.3H. The molecule has 0 spiro atoms. The molecule has 0 fully saturated rings. The Morgan fingerprint density at radius 2 is 1.25 bits per heavy atom. The number of rotatable bonds is 0. The monoisotopic (exact) mass is 134 g/mol. The van der Waals surface area contributed by atoms with Crippen molar-refractivity contribution in [2.24, 2.45) is 0 Å². The molecule has 1 nitrogen and oxygen atoms in total. The molecule has 0 aliphatic heterocycles. The maximum Gasteiger partial charge on any atom is 0 e. The molecule has 0 aliphatic carbocycles. The Hall–Kier alpha value is 1.72. The van der Waals surface area contributed by atoms with Crippen LogP contribution in [0, 0.1) is 0 Å². The molecule has 0 bridgehead atoms. The SMILES string of the molecule is [MgH2].[O]=[AlH].[Zn]. The van der Waals surface area contributed by atoms with Crippen molar-refractivity contribution in [1.29, 1.82) is 0 Å². The van der Waals surface area contributed by atoms with E-state index >= 15 is 0 Å². The Morgan fingerprint density at radius 1 is 1.25 bits per heavy atom. The van der Waals surface area contributed by atoms with Gasteiger partial charge in [-0.05, 0) is 0 Å². The van der Waals surface area contributed by atoms with E-state index in [2.05, 4.69) is 0 Å². The van der Waals surface area contributed by atoms with Gasteiger partial charge in [0.1, 0.15) is 0 Å². The third kappa shape index (κ3) is 9.30. The molecule has 0 radical (unpaired) electrons. The van der Waals surface area contributed by atoms with Crippen LogP contribution in [0.1, 0.15) is 0 Å². The second-order valence-electron chi connectivity index (χ2n) is 0. The minimum absolute atomic E-state index is 0. The smallest absolute Gasteiger partial charge is 0 e. The summed E-state index contributed by atoms with van der Waals surface area (Å²) < 4.78 is 8.28. The Labute approximate surface area is 62.1 Å². The first-order chi connectivity index (χ1) is 1.00. The van der Waals surface area contributed by atoms with Gasteiger partial charge in [-0.2, -0.15) is 0 Å². The summed E-state index contributed by atoms with van der Waals surface area (Å²) in [6.07, 6.45) is 0. The average Bonchev–Trinajstić information content (AvgIpc) is 1.00. The molecule has 0 unspecified atom stereocenters. The molecular weight excluding hydrogens is 133 g/mol. The van der Waals surface area contributed by atoms with Gasteiger partial charge in [0.15, 0.2) is 0 Å². The van der Waals surface area contributed by atoms with Gasteiger partial charge in [-0.25, -0.2) is 0 Å². The van der Waals surface area contributed by atoms with Gasteiger partial charge in [0, 0.05) is 19.5 Å². The van der Waals surface area contributed by atoms with Gasteiger partial charge in [0.2, 0.25) is 0 Å². The van der Waals surface area contributed by atoms with Crippen LogP contribution in [0.3, 0.4) is 0 Å². The fourth-order valence-corrected chi connectivity index (χ4v) is 0. The average molecular weight is 136 g/mol. The predicted octanol–water partition coefficient (Wildman–Crippen LogP) is -1.69. The maximum atomic E-state index is 8.28. The minimum Gasteiger partial charge on any atom is 0 e. The van der Waals surface area contributed by atoms with E-state index in [1.54, 1.807) is 0 Å². The van der Waals surface area contributed by atoms with Crippen LogP contribution in [0.15, 0.2) is 0 Å². The van der Waals surface area contributed by atoms with E-state index in [9.17, 15) is 0 Å². The summed E-state index contributed by atoms with van der Waals surface area (Å²) in [7, 11) is 0. The molecular formula is H3AlMgOZn. The van der Waals surface area contributed by atoms with Gasteiger partial charge in [0.25, 0.3) is 0 Å². The van der Waals surface area contributed by atoms with Crippen molar-refractivity contribution in [3.05, 3.63) is 0 Å². The van der Waals surface area contributed by atoms with E-state index in [1.165, 1.54) is 0 Å². The zero-order chi connectivity index (χ0) is 2.00. The molecule has 0 saturated carbocycles. The second kappa shape index (κ2) is 22.1. The summed E-state index contributed by atoms with van der Waals surface area (Å²) >= 11 is 0.611. The van der Waals surface area contributed by atoms with Crippen molar-refractivity contribution >= 4 is 39.3 Å². The van der Waals surface area contributed by atoms with Crippen molar-refractivity contribution in [1.82, 2.24) is 0 Å². The molecule has 0 aliphatic rings. The van der Waals surface area contributed by atoms with Crippen LogP contribution in [0.25, 0.3) is 0 Å². The van der Waals surface area contributed by atoms with Crippen LogP contribution in [0.4, 0.5) is 0 Å². The minimum atomic E-state index is 0. The van der Waals surface area contributed by atoms with E-state index in [1.807, 2.05) is 0 Å². The number of hydrogen-bond acceptors (Lipinski definition) is 1. The molecule has 4 heavy (non-hydrogen) atoms. The van der Waals surface area contributed by atoms with E-state index in [4.69, 9.17) is 3.80 Å². The van der Waals surface area contributed by atoms with Crippen LogP contribution in [0.2, 0.25) is 0 Å². The van der Waals surface area contributed by atoms with Crippen LogP contribution in [-0.4, -0.2) is 39.3 Å². The van der Waals surface area contributed by atoms with Crippen molar-refractivity contribution in [2.45, 2.75) is 0 Å². The molecule has 0 rings (SSSR count). The van der Waals surface area contributed by atoms with Crippen molar-refractivity contribution in [3.63, 3.8) is 0 Å². The second-order valence-corrected chi connectivity index (χ2v) is 0. The molecule has 0 saturated heterocycles. The Balaban J connectivity index is -0.00000000500. The Kier molecular flexibility index (Phi) is 95.0. The van der Waals surface area contributed by atoms with Gasteiger partial charge >= 0.3 is 43.1 Å². The first-order valence-corrected chi connectivity index (χ1v) is 0.866. The van der Waals surface area contributed by atoms with Crippen LogP contribution in [0.5, 0.6) is 0 Å². The van der Waals surface area contributed by atoms with Gasteiger partial charge in [-0.3, -0.25) is 0 Å². The molecule has 0 aromatic carbocycles. The Morgan fingerprint density at radius 3 is 1.25 bits per heavy atom. The van der Waals surface area contributed by atoms with Crippen LogP contribution in [-0.2, 0) is 23.3 Å². The summed E-state index contributed by atoms with van der Waals surface area (Å²) in [5.74, 6) is 0. The molecule has 0 amide bonds. The molecule has 0 N–H and O–H groups in total. The molecule has 4 heteroatoms. The summed E-state index contributed by atoms with van der Waals surface area (Å²) in [6.45, 7) is 0. The van der Waals surface area contributed by atoms with Crippen molar-refractivity contribution < 1.29 is 23.3 Å². The van der Waals surface area contributed by atoms with E-state index in [0.717, 1.165) is 0 Å². The van der Waals surface area contributed by atoms with Gasteiger partial charge in [-0.1, -0.05) is 0 Å². The molecule has 0 aromatic rings. The molecule has 16 valence electrons. The van der Waals surface area contributed by atoms with E-state index in [-0.39, 0.29) is 42.5 Å². The van der Waals surface area contributed by atoms with Gasteiger partial charge in [-0.15, -0.1) is 0 Å².